The monoisotopic (exact) mass is 299 g/mol. The summed E-state index contributed by atoms with van der Waals surface area (Å²) in [4.78, 5) is 11.1. The van der Waals surface area contributed by atoms with Gasteiger partial charge in [0.15, 0.2) is 0 Å². The molecule has 0 aromatic rings. The van der Waals surface area contributed by atoms with Gasteiger partial charge >= 0.3 is 9.24 Å². The van der Waals surface area contributed by atoms with Gasteiger partial charge in [-0.25, -0.2) is 4.39 Å². The Hall–Kier alpha value is -0.360. The Morgan fingerprint density at radius 3 is 2.33 bits per heavy atom. The van der Waals surface area contributed by atoms with Crippen molar-refractivity contribution in [2.45, 2.75) is 64.1 Å². The van der Waals surface area contributed by atoms with Crippen molar-refractivity contribution in [2.24, 2.45) is 0 Å². The number of halogens is 2. The predicted octanol–water partition coefficient (Wildman–Crippen LogP) is 3.12. The second-order valence-corrected chi connectivity index (χ2v) is 7.07. The molecule has 1 atom stereocenters. The molecule has 1 aliphatic heterocycles. The van der Waals surface area contributed by atoms with Crippen molar-refractivity contribution in [3.63, 3.8) is 0 Å². The first kappa shape index (κ1) is 15.7. The summed E-state index contributed by atoms with van der Waals surface area (Å²) < 4.78 is 36.4. The van der Waals surface area contributed by atoms with E-state index < -0.39 is 20.9 Å². The van der Waals surface area contributed by atoms with Crippen LogP contribution in [0, 0.1) is 0 Å². The lowest BCUT2D eigenvalue weighted by Gasteiger charge is -2.42. The summed E-state index contributed by atoms with van der Waals surface area (Å²) >= 11 is 0. The van der Waals surface area contributed by atoms with E-state index in [9.17, 15) is 17.6 Å². The quantitative estimate of drug-likeness (QED) is 0.299. The van der Waals surface area contributed by atoms with Crippen LogP contribution in [-0.4, -0.2) is 24.4 Å². The van der Waals surface area contributed by atoms with E-state index in [-0.39, 0.29) is 17.1 Å². The van der Waals surface area contributed by atoms with E-state index in [1.54, 1.807) is 0 Å². The number of amides is 1. The van der Waals surface area contributed by atoms with Crippen LogP contribution in [0.15, 0.2) is 0 Å². The van der Waals surface area contributed by atoms with Crippen LogP contribution in [0.2, 0.25) is 0 Å². The van der Waals surface area contributed by atoms with Crippen molar-refractivity contribution in [3.8, 4) is 0 Å². The molecule has 1 fully saturated rings. The SMILES string of the molecule is CCCCCCCCC1(F)CC(=O)N1S(=O)(=O)Cl. The molecule has 0 bridgehead atoms. The molecule has 1 saturated heterocycles. The van der Waals surface area contributed by atoms with E-state index in [2.05, 4.69) is 6.92 Å². The Balaban J connectivity index is 2.35. The summed E-state index contributed by atoms with van der Waals surface area (Å²) in [6, 6.07) is 0. The van der Waals surface area contributed by atoms with Crippen molar-refractivity contribution in [3.05, 3.63) is 0 Å². The lowest BCUT2D eigenvalue weighted by molar-refractivity contribution is -0.160. The van der Waals surface area contributed by atoms with Gasteiger partial charge in [-0.2, -0.15) is 12.7 Å². The second kappa shape index (κ2) is 6.19. The van der Waals surface area contributed by atoms with Gasteiger partial charge in [-0.05, 0) is 6.42 Å². The Morgan fingerprint density at radius 1 is 1.28 bits per heavy atom. The molecule has 0 spiro atoms. The summed E-state index contributed by atoms with van der Waals surface area (Å²) in [5.74, 6) is -2.86. The van der Waals surface area contributed by atoms with Crippen LogP contribution in [-0.2, 0) is 14.0 Å². The minimum Gasteiger partial charge on any atom is -0.273 e. The average Bonchev–Trinajstić information content (AvgIpc) is 2.19. The van der Waals surface area contributed by atoms with E-state index in [1.807, 2.05) is 0 Å². The minimum absolute atomic E-state index is 0.0385. The Bertz CT molecular complexity index is 401. The molecule has 0 aromatic carbocycles. The molecule has 0 aromatic heterocycles. The van der Waals surface area contributed by atoms with Gasteiger partial charge in [0.2, 0.25) is 11.7 Å². The molecule has 18 heavy (non-hydrogen) atoms. The van der Waals surface area contributed by atoms with Gasteiger partial charge in [-0.15, -0.1) is 0 Å². The summed E-state index contributed by atoms with van der Waals surface area (Å²) in [6.07, 6.45) is 5.47. The molecular weight excluding hydrogens is 281 g/mol. The third-order valence-electron chi connectivity index (χ3n) is 3.14. The van der Waals surface area contributed by atoms with Crippen LogP contribution in [0.4, 0.5) is 4.39 Å². The van der Waals surface area contributed by atoms with Gasteiger partial charge in [0.1, 0.15) is 0 Å². The summed E-state index contributed by atoms with van der Waals surface area (Å²) in [7, 11) is 0.740. The first-order valence-corrected chi connectivity index (χ1v) is 8.54. The van der Waals surface area contributed by atoms with E-state index >= 15 is 0 Å². The lowest BCUT2D eigenvalue weighted by atomic mass is 9.95. The molecule has 0 saturated carbocycles. The average molecular weight is 300 g/mol. The van der Waals surface area contributed by atoms with E-state index in [4.69, 9.17) is 10.7 Å². The predicted molar refractivity (Wildman–Crippen MR) is 68.1 cm³/mol. The lowest BCUT2D eigenvalue weighted by Crippen LogP contribution is -2.61. The number of carbonyl (C=O) groups excluding carboxylic acids is 1. The number of hydrogen-bond donors (Lipinski definition) is 0. The zero-order chi connectivity index (χ0) is 13.8. The van der Waals surface area contributed by atoms with Crippen molar-refractivity contribution in [1.82, 2.24) is 4.31 Å². The number of β-lactam (4-membered cyclic amide) rings is 1. The zero-order valence-corrected chi connectivity index (χ0v) is 12.1. The minimum atomic E-state index is -4.29. The molecule has 0 aliphatic carbocycles. The van der Waals surface area contributed by atoms with Gasteiger partial charge in [-0.3, -0.25) is 4.79 Å². The maximum atomic E-state index is 14.1. The van der Waals surface area contributed by atoms with Crippen LogP contribution >= 0.6 is 10.7 Å². The van der Waals surface area contributed by atoms with Crippen LogP contribution in [0.25, 0.3) is 0 Å². The van der Waals surface area contributed by atoms with Crippen molar-refractivity contribution < 1.29 is 17.6 Å². The van der Waals surface area contributed by atoms with Gasteiger partial charge in [-0.1, -0.05) is 39.0 Å². The number of carbonyl (C=O) groups is 1. The van der Waals surface area contributed by atoms with Crippen LogP contribution in [0.1, 0.15) is 58.3 Å². The molecular formula is C11H19ClFNO3S. The van der Waals surface area contributed by atoms with Gasteiger partial charge in [0, 0.05) is 17.1 Å². The van der Waals surface area contributed by atoms with Crippen LogP contribution < -0.4 is 0 Å². The molecule has 1 heterocycles. The molecule has 1 amide bonds. The number of hydrogen-bond acceptors (Lipinski definition) is 3. The Morgan fingerprint density at radius 2 is 1.83 bits per heavy atom. The second-order valence-electron chi connectivity index (χ2n) is 4.71. The van der Waals surface area contributed by atoms with Crippen molar-refractivity contribution in [1.29, 1.82) is 0 Å². The normalized spacial score (nSPS) is 24.2. The van der Waals surface area contributed by atoms with Gasteiger partial charge in [0.25, 0.3) is 0 Å². The van der Waals surface area contributed by atoms with Crippen molar-refractivity contribution in [2.75, 3.05) is 0 Å². The smallest absolute Gasteiger partial charge is 0.273 e. The number of unbranched alkanes of at least 4 members (excludes halogenated alkanes) is 5. The largest absolute Gasteiger partial charge is 0.326 e. The molecule has 1 aliphatic rings. The summed E-state index contributed by atoms with van der Waals surface area (Å²) in [5, 5.41) is 0. The highest BCUT2D eigenvalue weighted by molar-refractivity contribution is 8.12. The molecule has 106 valence electrons. The van der Waals surface area contributed by atoms with Crippen LogP contribution in [0.5, 0.6) is 0 Å². The maximum absolute atomic E-state index is 14.1. The molecule has 4 nitrogen and oxygen atoms in total. The zero-order valence-electron chi connectivity index (χ0n) is 10.5. The topological polar surface area (TPSA) is 54.5 Å². The maximum Gasteiger partial charge on any atom is 0.326 e. The first-order chi connectivity index (χ1) is 8.31. The molecule has 7 heteroatoms. The number of alkyl halides is 1. The highest BCUT2D eigenvalue weighted by Crippen LogP contribution is 2.41. The third kappa shape index (κ3) is 3.82. The highest BCUT2D eigenvalue weighted by Gasteiger charge is 2.57. The molecule has 0 radical (unpaired) electrons. The fraction of sp³-hybridized carbons (Fsp3) is 0.909. The Labute approximate surface area is 112 Å². The fourth-order valence-corrected chi connectivity index (χ4v) is 3.65. The van der Waals surface area contributed by atoms with Gasteiger partial charge in [0.05, 0.1) is 6.42 Å². The summed E-state index contributed by atoms with van der Waals surface area (Å²) in [5.41, 5.74) is 0. The van der Waals surface area contributed by atoms with Crippen LogP contribution in [0.3, 0.4) is 0 Å². The Kier molecular flexibility index (Phi) is 5.40. The highest BCUT2D eigenvalue weighted by atomic mass is 35.7. The number of nitrogens with zero attached hydrogens (tertiary/aromatic N) is 1. The third-order valence-corrected chi connectivity index (χ3v) is 4.53. The fourth-order valence-electron chi connectivity index (χ4n) is 2.19. The van der Waals surface area contributed by atoms with Gasteiger partial charge < -0.3 is 0 Å². The first-order valence-electron chi connectivity index (χ1n) is 6.28. The summed E-state index contributed by atoms with van der Waals surface area (Å²) in [6.45, 7) is 2.11. The van der Waals surface area contributed by atoms with E-state index in [1.165, 1.54) is 0 Å². The standard InChI is InChI=1S/C11H19ClFNO3S/c1-2-3-4-5-6-7-8-11(13)9-10(15)14(11)18(12,16)17/h2-9H2,1H3. The molecule has 1 unspecified atom stereocenters. The molecule has 0 N–H and O–H groups in total. The molecule has 1 rings (SSSR count). The van der Waals surface area contributed by atoms with E-state index in [0.717, 1.165) is 32.1 Å². The van der Waals surface area contributed by atoms with Crippen molar-refractivity contribution >= 4 is 25.8 Å². The number of rotatable bonds is 8. The van der Waals surface area contributed by atoms with E-state index in [0.29, 0.717) is 6.42 Å².